The number of hydrogen-bond donors (Lipinski definition) is 2. The fraction of sp³-hybridized carbons (Fsp3) is 0.294. The fourth-order valence-corrected chi connectivity index (χ4v) is 2.65. The zero-order valence-corrected chi connectivity index (χ0v) is 12.5. The Morgan fingerprint density at radius 3 is 2.60 bits per heavy atom. The number of nitrogens with one attached hydrogen (secondary N) is 1. The molecule has 0 heterocycles. The highest BCUT2D eigenvalue weighted by molar-refractivity contribution is 6.30. The molecule has 0 saturated heterocycles. The second kappa shape index (κ2) is 7.44. The zero-order valence-electron chi connectivity index (χ0n) is 11.8. The third-order valence-electron chi connectivity index (χ3n) is 3.62. The van der Waals surface area contributed by atoms with Crippen molar-refractivity contribution >= 4 is 11.6 Å². The van der Waals surface area contributed by atoms with E-state index < -0.39 is 0 Å². The number of rotatable bonds is 6. The van der Waals surface area contributed by atoms with E-state index in [2.05, 4.69) is 36.6 Å². The van der Waals surface area contributed by atoms with E-state index in [0.717, 1.165) is 24.3 Å². The van der Waals surface area contributed by atoms with Gasteiger partial charge in [0.2, 0.25) is 0 Å². The average Bonchev–Trinajstić information content (AvgIpc) is 2.48. The van der Waals surface area contributed by atoms with Gasteiger partial charge in [0, 0.05) is 11.1 Å². The van der Waals surface area contributed by atoms with E-state index >= 15 is 0 Å². The van der Waals surface area contributed by atoms with E-state index in [1.165, 1.54) is 16.7 Å². The van der Waals surface area contributed by atoms with Crippen LogP contribution in [-0.2, 0) is 6.42 Å². The Morgan fingerprint density at radius 2 is 1.90 bits per heavy atom. The second-order valence-electron chi connectivity index (χ2n) is 5.10. The standard InChI is InChI=1S/C17H21ClN2/c1-13-10-11-15(18)12-16(13)17(20-19)9-5-8-14-6-3-2-4-7-14/h2-4,6-7,10-12,17,20H,5,8-9,19H2,1H3. The highest BCUT2D eigenvalue weighted by Crippen LogP contribution is 2.25. The number of aryl methyl sites for hydroxylation is 2. The molecule has 2 nitrogen and oxygen atoms in total. The van der Waals surface area contributed by atoms with Crippen LogP contribution in [0.5, 0.6) is 0 Å². The number of halogens is 1. The first-order valence-corrected chi connectivity index (χ1v) is 7.34. The van der Waals surface area contributed by atoms with E-state index in [1.54, 1.807) is 0 Å². The Kier molecular flexibility index (Phi) is 5.60. The quantitative estimate of drug-likeness (QED) is 0.618. The molecule has 1 atom stereocenters. The van der Waals surface area contributed by atoms with Gasteiger partial charge in [-0.25, -0.2) is 0 Å². The van der Waals surface area contributed by atoms with Gasteiger partial charge in [0.15, 0.2) is 0 Å². The summed E-state index contributed by atoms with van der Waals surface area (Å²) in [6.45, 7) is 2.09. The van der Waals surface area contributed by atoms with Gasteiger partial charge in [0.25, 0.3) is 0 Å². The lowest BCUT2D eigenvalue weighted by Crippen LogP contribution is -2.28. The zero-order chi connectivity index (χ0) is 14.4. The summed E-state index contributed by atoms with van der Waals surface area (Å²) in [6.07, 6.45) is 3.15. The minimum absolute atomic E-state index is 0.150. The maximum Gasteiger partial charge on any atom is 0.0463 e. The Morgan fingerprint density at radius 1 is 1.15 bits per heavy atom. The van der Waals surface area contributed by atoms with Crippen molar-refractivity contribution in [2.75, 3.05) is 0 Å². The first kappa shape index (κ1) is 15.0. The van der Waals surface area contributed by atoms with Crippen LogP contribution in [0.25, 0.3) is 0 Å². The number of hydrazine groups is 1. The predicted octanol–water partition coefficient (Wildman–Crippen LogP) is 4.18. The van der Waals surface area contributed by atoms with E-state index in [-0.39, 0.29) is 6.04 Å². The van der Waals surface area contributed by atoms with Crippen molar-refractivity contribution in [2.45, 2.75) is 32.2 Å². The monoisotopic (exact) mass is 288 g/mol. The summed E-state index contributed by atoms with van der Waals surface area (Å²) in [7, 11) is 0. The van der Waals surface area contributed by atoms with Crippen LogP contribution < -0.4 is 11.3 Å². The fourth-order valence-electron chi connectivity index (χ4n) is 2.47. The third kappa shape index (κ3) is 4.07. The lowest BCUT2D eigenvalue weighted by molar-refractivity contribution is 0.496. The third-order valence-corrected chi connectivity index (χ3v) is 3.85. The Hall–Kier alpha value is -1.35. The van der Waals surface area contributed by atoms with Crippen molar-refractivity contribution in [2.24, 2.45) is 5.84 Å². The molecule has 0 aliphatic heterocycles. The van der Waals surface area contributed by atoms with Crippen LogP contribution in [0.3, 0.4) is 0 Å². The first-order chi connectivity index (χ1) is 9.70. The summed E-state index contributed by atoms with van der Waals surface area (Å²) in [5, 5.41) is 0.758. The van der Waals surface area contributed by atoms with Crippen LogP contribution in [0, 0.1) is 6.92 Å². The van der Waals surface area contributed by atoms with Gasteiger partial charge in [0.05, 0.1) is 0 Å². The molecule has 0 fully saturated rings. The molecule has 0 radical (unpaired) electrons. The highest BCUT2D eigenvalue weighted by atomic mass is 35.5. The highest BCUT2D eigenvalue weighted by Gasteiger charge is 2.12. The maximum atomic E-state index is 6.08. The molecule has 0 aromatic heterocycles. The lowest BCUT2D eigenvalue weighted by atomic mass is 9.96. The molecule has 0 saturated carbocycles. The van der Waals surface area contributed by atoms with Crippen LogP contribution >= 0.6 is 11.6 Å². The summed E-state index contributed by atoms with van der Waals surface area (Å²) in [4.78, 5) is 0. The molecule has 3 heteroatoms. The molecular formula is C17H21ClN2. The Labute approximate surface area is 125 Å². The molecule has 0 aliphatic rings. The largest absolute Gasteiger partial charge is 0.271 e. The summed E-state index contributed by atoms with van der Waals surface area (Å²) >= 11 is 6.08. The van der Waals surface area contributed by atoms with Crippen LogP contribution in [0.2, 0.25) is 5.02 Å². The average molecular weight is 289 g/mol. The molecule has 0 amide bonds. The lowest BCUT2D eigenvalue weighted by Gasteiger charge is -2.19. The van der Waals surface area contributed by atoms with Gasteiger partial charge in [-0.2, -0.15) is 0 Å². The number of hydrogen-bond acceptors (Lipinski definition) is 2. The predicted molar refractivity (Wildman–Crippen MR) is 85.6 cm³/mol. The Balaban J connectivity index is 1.97. The smallest absolute Gasteiger partial charge is 0.0463 e. The minimum atomic E-state index is 0.150. The second-order valence-corrected chi connectivity index (χ2v) is 5.53. The summed E-state index contributed by atoms with van der Waals surface area (Å²) in [5.74, 6) is 5.71. The van der Waals surface area contributed by atoms with Gasteiger partial charge < -0.3 is 0 Å². The van der Waals surface area contributed by atoms with Crippen molar-refractivity contribution < 1.29 is 0 Å². The SMILES string of the molecule is Cc1ccc(Cl)cc1C(CCCc1ccccc1)NN. The topological polar surface area (TPSA) is 38.0 Å². The van der Waals surface area contributed by atoms with Crippen LogP contribution in [-0.4, -0.2) is 0 Å². The van der Waals surface area contributed by atoms with Crippen LogP contribution in [0.1, 0.15) is 35.6 Å². The number of benzene rings is 2. The molecule has 0 spiro atoms. The van der Waals surface area contributed by atoms with Crippen molar-refractivity contribution in [1.29, 1.82) is 0 Å². The van der Waals surface area contributed by atoms with E-state index in [9.17, 15) is 0 Å². The van der Waals surface area contributed by atoms with Crippen LogP contribution in [0.15, 0.2) is 48.5 Å². The van der Waals surface area contributed by atoms with Gasteiger partial charge in [-0.1, -0.05) is 48.0 Å². The number of nitrogens with two attached hydrogens (primary N) is 1. The van der Waals surface area contributed by atoms with Crippen molar-refractivity contribution in [1.82, 2.24) is 5.43 Å². The Bertz CT molecular complexity index is 540. The normalized spacial score (nSPS) is 12.3. The first-order valence-electron chi connectivity index (χ1n) is 6.97. The van der Waals surface area contributed by atoms with Crippen molar-refractivity contribution in [3.05, 3.63) is 70.2 Å². The summed E-state index contributed by atoms with van der Waals surface area (Å²) in [5.41, 5.74) is 6.69. The van der Waals surface area contributed by atoms with E-state index in [0.29, 0.717) is 0 Å². The molecule has 0 bridgehead atoms. The minimum Gasteiger partial charge on any atom is -0.271 e. The molecule has 0 aliphatic carbocycles. The molecule has 2 rings (SSSR count). The molecule has 2 aromatic rings. The van der Waals surface area contributed by atoms with Crippen molar-refractivity contribution in [3.8, 4) is 0 Å². The van der Waals surface area contributed by atoms with E-state index in [1.807, 2.05) is 24.3 Å². The molecule has 20 heavy (non-hydrogen) atoms. The van der Waals surface area contributed by atoms with Gasteiger partial charge in [0.1, 0.15) is 0 Å². The maximum absolute atomic E-state index is 6.08. The molecule has 106 valence electrons. The van der Waals surface area contributed by atoms with Crippen molar-refractivity contribution in [3.63, 3.8) is 0 Å². The summed E-state index contributed by atoms with van der Waals surface area (Å²) < 4.78 is 0. The van der Waals surface area contributed by atoms with Crippen LogP contribution in [0.4, 0.5) is 0 Å². The molecule has 3 N–H and O–H groups in total. The van der Waals surface area contributed by atoms with Gasteiger partial charge >= 0.3 is 0 Å². The molecule has 1 unspecified atom stereocenters. The summed E-state index contributed by atoms with van der Waals surface area (Å²) in [6, 6.07) is 16.6. The van der Waals surface area contributed by atoms with Gasteiger partial charge in [-0.3, -0.25) is 11.3 Å². The molecular weight excluding hydrogens is 268 g/mol. The van der Waals surface area contributed by atoms with E-state index in [4.69, 9.17) is 17.4 Å². The molecule has 2 aromatic carbocycles. The van der Waals surface area contributed by atoms with Gasteiger partial charge in [-0.15, -0.1) is 0 Å². The van der Waals surface area contributed by atoms with Gasteiger partial charge in [-0.05, 0) is 55.0 Å².